The summed E-state index contributed by atoms with van der Waals surface area (Å²) in [6.07, 6.45) is 0. The third-order valence-electron chi connectivity index (χ3n) is 3.23. The van der Waals surface area contributed by atoms with Crippen LogP contribution >= 0.6 is 0 Å². The minimum atomic E-state index is -0.208. The standard InChI is InChI=1S/C16H18FN/c1-11-6-4-5-7-15(11)13(3)18-16-10-14(17)9-8-12(16)2/h4-10,13,18H,1-3H3. The highest BCUT2D eigenvalue weighted by molar-refractivity contribution is 5.52. The van der Waals surface area contributed by atoms with Crippen molar-refractivity contribution in [2.45, 2.75) is 26.8 Å². The number of hydrogen-bond acceptors (Lipinski definition) is 1. The summed E-state index contributed by atoms with van der Waals surface area (Å²) in [6, 6.07) is 13.2. The maximum Gasteiger partial charge on any atom is 0.125 e. The van der Waals surface area contributed by atoms with E-state index in [1.807, 2.05) is 19.1 Å². The first-order valence-electron chi connectivity index (χ1n) is 6.16. The van der Waals surface area contributed by atoms with Gasteiger partial charge in [0.15, 0.2) is 0 Å². The van der Waals surface area contributed by atoms with Crippen molar-refractivity contribution in [1.29, 1.82) is 0 Å². The summed E-state index contributed by atoms with van der Waals surface area (Å²) in [5.41, 5.74) is 4.38. The van der Waals surface area contributed by atoms with Crippen molar-refractivity contribution in [2.75, 3.05) is 5.32 Å². The Morgan fingerprint density at radius 1 is 1.00 bits per heavy atom. The maximum atomic E-state index is 13.2. The SMILES string of the molecule is Cc1ccc(F)cc1NC(C)c1ccccc1C. The van der Waals surface area contributed by atoms with Gasteiger partial charge in [-0.05, 0) is 49.6 Å². The molecule has 0 aromatic heterocycles. The van der Waals surface area contributed by atoms with Gasteiger partial charge in [0.1, 0.15) is 5.82 Å². The zero-order chi connectivity index (χ0) is 13.1. The van der Waals surface area contributed by atoms with Crippen LogP contribution in [0.3, 0.4) is 0 Å². The van der Waals surface area contributed by atoms with Crippen LogP contribution < -0.4 is 5.32 Å². The van der Waals surface area contributed by atoms with Crippen LogP contribution in [0, 0.1) is 19.7 Å². The first-order valence-corrected chi connectivity index (χ1v) is 6.16. The first-order chi connectivity index (χ1) is 8.58. The first kappa shape index (κ1) is 12.6. The van der Waals surface area contributed by atoms with Gasteiger partial charge < -0.3 is 5.32 Å². The molecule has 0 spiro atoms. The second-order valence-electron chi connectivity index (χ2n) is 4.68. The summed E-state index contributed by atoms with van der Waals surface area (Å²) >= 11 is 0. The smallest absolute Gasteiger partial charge is 0.125 e. The van der Waals surface area contributed by atoms with Crippen LogP contribution in [-0.4, -0.2) is 0 Å². The number of rotatable bonds is 3. The molecule has 2 heteroatoms. The van der Waals surface area contributed by atoms with Crippen molar-refractivity contribution in [3.63, 3.8) is 0 Å². The Bertz CT molecular complexity index is 549. The molecule has 0 radical (unpaired) electrons. The van der Waals surface area contributed by atoms with E-state index in [0.29, 0.717) is 0 Å². The van der Waals surface area contributed by atoms with E-state index < -0.39 is 0 Å². The van der Waals surface area contributed by atoms with Crippen LogP contribution in [0.1, 0.15) is 29.7 Å². The third-order valence-corrected chi connectivity index (χ3v) is 3.23. The van der Waals surface area contributed by atoms with Crippen molar-refractivity contribution in [2.24, 2.45) is 0 Å². The average molecular weight is 243 g/mol. The van der Waals surface area contributed by atoms with E-state index in [1.165, 1.54) is 17.2 Å². The van der Waals surface area contributed by atoms with Crippen LogP contribution in [-0.2, 0) is 0 Å². The van der Waals surface area contributed by atoms with Gasteiger partial charge in [-0.15, -0.1) is 0 Å². The van der Waals surface area contributed by atoms with Gasteiger partial charge in [-0.25, -0.2) is 4.39 Å². The van der Waals surface area contributed by atoms with Gasteiger partial charge in [-0.2, -0.15) is 0 Å². The molecule has 0 saturated heterocycles. The lowest BCUT2D eigenvalue weighted by molar-refractivity contribution is 0.627. The van der Waals surface area contributed by atoms with E-state index in [0.717, 1.165) is 11.3 Å². The molecule has 1 N–H and O–H groups in total. The van der Waals surface area contributed by atoms with Gasteiger partial charge in [0.25, 0.3) is 0 Å². The Morgan fingerprint density at radius 3 is 2.44 bits per heavy atom. The zero-order valence-electron chi connectivity index (χ0n) is 11.0. The van der Waals surface area contributed by atoms with Gasteiger partial charge in [-0.3, -0.25) is 0 Å². The number of benzene rings is 2. The molecule has 2 rings (SSSR count). The molecule has 94 valence electrons. The van der Waals surface area contributed by atoms with Crippen molar-refractivity contribution in [1.82, 2.24) is 0 Å². The van der Waals surface area contributed by atoms with Crippen molar-refractivity contribution in [3.05, 3.63) is 65.0 Å². The molecule has 1 nitrogen and oxygen atoms in total. The topological polar surface area (TPSA) is 12.0 Å². The Balaban J connectivity index is 2.24. The van der Waals surface area contributed by atoms with Gasteiger partial charge >= 0.3 is 0 Å². The van der Waals surface area contributed by atoms with Crippen LogP contribution in [0.25, 0.3) is 0 Å². The molecule has 1 atom stereocenters. The fraction of sp³-hybridized carbons (Fsp3) is 0.250. The van der Waals surface area contributed by atoms with Crippen LogP contribution in [0.5, 0.6) is 0 Å². The minimum Gasteiger partial charge on any atom is -0.378 e. The molecule has 0 aliphatic carbocycles. The van der Waals surface area contributed by atoms with Gasteiger partial charge in [0.2, 0.25) is 0 Å². The number of anilines is 1. The average Bonchev–Trinajstić information content (AvgIpc) is 2.34. The highest BCUT2D eigenvalue weighted by Gasteiger charge is 2.09. The van der Waals surface area contributed by atoms with Crippen LogP contribution in [0.2, 0.25) is 0 Å². The Hall–Kier alpha value is -1.83. The summed E-state index contributed by atoms with van der Waals surface area (Å²) in [5, 5.41) is 3.37. The maximum absolute atomic E-state index is 13.2. The lowest BCUT2D eigenvalue weighted by Gasteiger charge is -2.19. The lowest BCUT2D eigenvalue weighted by Crippen LogP contribution is -2.09. The van der Waals surface area contributed by atoms with E-state index in [9.17, 15) is 4.39 Å². The molecule has 0 saturated carbocycles. The van der Waals surface area contributed by atoms with Crippen molar-refractivity contribution >= 4 is 5.69 Å². The molecule has 18 heavy (non-hydrogen) atoms. The van der Waals surface area contributed by atoms with E-state index in [1.54, 1.807) is 12.1 Å². The zero-order valence-corrected chi connectivity index (χ0v) is 11.0. The largest absolute Gasteiger partial charge is 0.378 e. The summed E-state index contributed by atoms with van der Waals surface area (Å²) in [7, 11) is 0. The normalized spacial score (nSPS) is 12.2. The van der Waals surface area contributed by atoms with Crippen LogP contribution in [0.4, 0.5) is 10.1 Å². The number of halogens is 1. The molecule has 0 amide bonds. The molecule has 0 bridgehead atoms. The monoisotopic (exact) mass is 243 g/mol. The van der Waals surface area contributed by atoms with E-state index >= 15 is 0 Å². The Kier molecular flexibility index (Phi) is 3.66. The second kappa shape index (κ2) is 5.21. The molecule has 0 aliphatic heterocycles. The van der Waals surface area contributed by atoms with E-state index in [4.69, 9.17) is 0 Å². The molecular weight excluding hydrogens is 225 g/mol. The molecule has 1 unspecified atom stereocenters. The molecule has 2 aromatic carbocycles. The Morgan fingerprint density at radius 2 is 1.72 bits per heavy atom. The summed E-state index contributed by atoms with van der Waals surface area (Å²) in [5.74, 6) is -0.208. The second-order valence-corrected chi connectivity index (χ2v) is 4.68. The fourth-order valence-corrected chi connectivity index (χ4v) is 2.13. The third kappa shape index (κ3) is 2.70. The number of nitrogens with one attached hydrogen (secondary N) is 1. The predicted octanol–water partition coefficient (Wildman–Crippen LogP) is 4.62. The minimum absolute atomic E-state index is 0.159. The highest BCUT2D eigenvalue weighted by atomic mass is 19.1. The van der Waals surface area contributed by atoms with E-state index in [2.05, 4.69) is 31.3 Å². The number of hydrogen-bond donors (Lipinski definition) is 1. The van der Waals surface area contributed by atoms with Crippen molar-refractivity contribution < 1.29 is 4.39 Å². The molecule has 0 heterocycles. The summed E-state index contributed by atoms with van der Waals surface area (Å²) in [4.78, 5) is 0. The van der Waals surface area contributed by atoms with Crippen molar-refractivity contribution in [3.8, 4) is 0 Å². The Labute approximate surface area is 108 Å². The molecule has 0 aliphatic rings. The predicted molar refractivity (Wildman–Crippen MR) is 74.4 cm³/mol. The molecule has 2 aromatic rings. The van der Waals surface area contributed by atoms with Crippen LogP contribution in [0.15, 0.2) is 42.5 Å². The number of aryl methyl sites for hydroxylation is 2. The molecule has 0 fully saturated rings. The van der Waals surface area contributed by atoms with E-state index in [-0.39, 0.29) is 11.9 Å². The summed E-state index contributed by atoms with van der Waals surface area (Å²) in [6.45, 7) is 6.16. The van der Waals surface area contributed by atoms with Gasteiger partial charge in [-0.1, -0.05) is 30.3 Å². The fourth-order valence-electron chi connectivity index (χ4n) is 2.13. The quantitative estimate of drug-likeness (QED) is 0.829. The lowest BCUT2D eigenvalue weighted by atomic mass is 10.0. The highest BCUT2D eigenvalue weighted by Crippen LogP contribution is 2.24. The van der Waals surface area contributed by atoms with Gasteiger partial charge in [0.05, 0.1) is 0 Å². The van der Waals surface area contributed by atoms with Gasteiger partial charge in [0, 0.05) is 11.7 Å². The molecular formula is C16H18FN. The summed E-state index contributed by atoms with van der Waals surface area (Å²) < 4.78 is 13.2.